The minimum atomic E-state index is -3.75. The largest absolute Gasteiger partial charge is 0.477 e. The molecule has 0 aromatic carbocycles. The van der Waals surface area contributed by atoms with Crippen molar-refractivity contribution in [2.45, 2.75) is 39.0 Å². The third-order valence-corrected chi connectivity index (χ3v) is 7.50. The van der Waals surface area contributed by atoms with Gasteiger partial charge in [-0.2, -0.15) is 12.8 Å². The highest BCUT2D eigenvalue weighted by atomic mass is 32.2. The van der Waals surface area contributed by atoms with E-state index in [1.54, 1.807) is 6.92 Å². The molecule has 11 nitrogen and oxygen atoms in total. The number of rotatable bonds is 8. The average Bonchev–Trinajstić information content (AvgIpc) is 3.27. The summed E-state index contributed by atoms with van der Waals surface area (Å²) in [6.45, 7) is 3.88. The van der Waals surface area contributed by atoms with E-state index in [9.17, 15) is 28.2 Å². The molecule has 4 rings (SSSR count). The number of aliphatic hydroxyl groups is 1. The molecule has 5 N–H and O–H groups in total. The average molecular weight is 471 g/mol. The van der Waals surface area contributed by atoms with Crippen molar-refractivity contribution < 1.29 is 32.8 Å². The van der Waals surface area contributed by atoms with Crippen molar-refractivity contribution in [3.8, 4) is 0 Å². The van der Waals surface area contributed by atoms with Crippen molar-refractivity contribution in [2.24, 2.45) is 17.0 Å². The van der Waals surface area contributed by atoms with Gasteiger partial charge in [0.2, 0.25) is 17.1 Å². The highest BCUT2D eigenvalue weighted by molar-refractivity contribution is 7.87. The number of nitrogens with zero attached hydrogens (tertiary/aromatic N) is 3. The first-order chi connectivity index (χ1) is 14.5. The van der Waals surface area contributed by atoms with Crippen molar-refractivity contribution >= 4 is 38.3 Å². The number of imidazole rings is 1. The predicted molar refractivity (Wildman–Crippen MR) is 110 cm³/mol. The van der Waals surface area contributed by atoms with Crippen molar-refractivity contribution in [1.82, 2.24) is 14.0 Å². The highest BCUT2D eigenvalue weighted by Gasteiger charge is 2.60. The standard InChI is InChI=1S/C18H23N5O6S2/c1-9-12(16(18(26)27)23-15(9)14(10(2)24)17(23)25)5-21-6-13-22(8-21)11(7-30-13)3-4-20-31(19,28)29/h6-10,14-15,20,24H,3-5H2,1-2H3,(H2-,19,26,27,28,29)/p+1/t9-,10+,14+,15+/m0/s1. The highest BCUT2D eigenvalue weighted by Crippen LogP contribution is 2.47. The molecule has 1 amide bonds. The lowest BCUT2D eigenvalue weighted by molar-refractivity contribution is -0.688. The number of aliphatic carboxylic acids is 1. The number of carbonyl (C=O) groups is 2. The van der Waals surface area contributed by atoms with Gasteiger partial charge in [-0.1, -0.05) is 18.3 Å². The zero-order chi connectivity index (χ0) is 22.7. The monoisotopic (exact) mass is 470 g/mol. The number of aromatic nitrogens is 2. The van der Waals surface area contributed by atoms with Crippen LogP contribution in [0.1, 0.15) is 19.5 Å². The fourth-order valence-electron chi connectivity index (χ4n) is 4.57. The smallest absolute Gasteiger partial charge is 0.352 e. The van der Waals surface area contributed by atoms with Gasteiger partial charge in [-0.15, -0.1) is 0 Å². The molecular weight excluding hydrogens is 446 g/mol. The Morgan fingerprint density at radius 1 is 1.45 bits per heavy atom. The Morgan fingerprint density at radius 2 is 2.16 bits per heavy atom. The van der Waals surface area contributed by atoms with Gasteiger partial charge in [-0.25, -0.2) is 19.2 Å². The number of hydrogen-bond acceptors (Lipinski definition) is 6. The minimum absolute atomic E-state index is 0.000898. The van der Waals surface area contributed by atoms with Crippen LogP contribution in [0.15, 0.2) is 29.2 Å². The molecule has 31 heavy (non-hydrogen) atoms. The molecule has 0 bridgehead atoms. The van der Waals surface area contributed by atoms with Crippen LogP contribution in [0.5, 0.6) is 0 Å². The second-order valence-corrected chi connectivity index (χ2v) is 10.2. The molecule has 2 aliphatic heterocycles. The second kappa shape index (κ2) is 7.67. The van der Waals surface area contributed by atoms with Gasteiger partial charge in [0, 0.05) is 29.8 Å². The number of β-lactam (4-membered cyclic amide) rings is 1. The summed E-state index contributed by atoms with van der Waals surface area (Å²) in [7, 11) is -3.75. The number of nitrogens with two attached hydrogens (primary N) is 1. The first-order valence-electron chi connectivity index (χ1n) is 9.72. The van der Waals surface area contributed by atoms with E-state index in [4.69, 9.17) is 5.14 Å². The fourth-order valence-corrected chi connectivity index (χ4v) is 5.92. The Balaban J connectivity index is 1.58. The first kappa shape index (κ1) is 21.9. The third-order valence-electron chi connectivity index (χ3n) is 5.96. The topological polar surface area (TPSA) is 158 Å². The summed E-state index contributed by atoms with van der Waals surface area (Å²) in [4.78, 5) is 26.6. The molecule has 1 fully saturated rings. The lowest BCUT2D eigenvalue weighted by Crippen LogP contribution is -2.63. The maximum atomic E-state index is 12.5. The summed E-state index contributed by atoms with van der Waals surface area (Å²) in [5.74, 6) is -2.31. The van der Waals surface area contributed by atoms with E-state index < -0.39 is 28.2 Å². The number of carboxylic acid groups (broad SMARTS) is 1. The molecule has 168 valence electrons. The SMILES string of the molecule is C[C@@H](O)[C@H]1C(=O)N2C(C(=O)O)=C(C[n+]3cc4scc(CCNS(N)(=O)=O)n4c3)[C@H](C)[C@H]12. The summed E-state index contributed by atoms with van der Waals surface area (Å²) in [5, 5.41) is 26.6. The number of fused-ring (bicyclic) bond motifs is 2. The van der Waals surface area contributed by atoms with E-state index in [1.165, 1.54) is 16.2 Å². The summed E-state index contributed by atoms with van der Waals surface area (Å²) in [6, 6.07) is -0.349. The number of nitrogens with one attached hydrogen (secondary N) is 1. The van der Waals surface area contributed by atoms with Gasteiger partial charge in [-0.05, 0) is 6.92 Å². The third kappa shape index (κ3) is 3.76. The Hall–Kier alpha value is -2.32. The van der Waals surface area contributed by atoms with E-state index >= 15 is 0 Å². The first-order valence-corrected chi connectivity index (χ1v) is 12.1. The zero-order valence-corrected chi connectivity index (χ0v) is 18.6. The Labute approximate surface area is 182 Å². The molecule has 0 aliphatic carbocycles. The van der Waals surface area contributed by atoms with Crippen LogP contribution in [0.4, 0.5) is 0 Å². The van der Waals surface area contributed by atoms with Crippen molar-refractivity contribution in [3.05, 3.63) is 34.9 Å². The fraction of sp³-hybridized carbons (Fsp3) is 0.500. The molecule has 0 unspecified atom stereocenters. The number of aliphatic hydroxyl groups excluding tert-OH is 1. The van der Waals surface area contributed by atoms with Crippen LogP contribution in [0.2, 0.25) is 0 Å². The molecule has 0 spiro atoms. The van der Waals surface area contributed by atoms with E-state index in [1.807, 2.05) is 33.8 Å². The molecule has 4 atom stereocenters. The minimum Gasteiger partial charge on any atom is -0.477 e. The van der Waals surface area contributed by atoms with Crippen LogP contribution in [0.3, 0.4) is 0 Å². The summed E-state index contributed by atoms with van der Waals surface area (Å²) < 4.78 is 28.1. The van der Waals surface area contributed by atoms with Gasteiger partial charge in [0.15, 0.2) is 0 Å². The van der Waals surface area contributed by atoms with Crippen LogP contribution >= 0.6 is 11.3 Å². The van der Waals surface area contributed by atoms with Gasteiger partial charge >= 0.3 is 5.97 Å². The second-order valence-electron chi connectivity index (χ2n) is 7.97. The normalized spacial score (nSPS) is 24.6. The van der Waals surface area contributed by atoms with Crippen LogP contribution in [0.25, 0.3) is 4.83 Å². The van der Waals surface area contributed by atoms with Gasteiger partial charge in [-0.3, -0.25) is 4.79 Å². The zero-order valence-electron chi connectivity index (χ0n) is 16.9. The van der Waals surface area contributed by atoms with Crippen LogP contribution in [-0.2, 0) is 32.8 Å². The number of hydrogen-bond donors (Lipinski definition) is 4. The molecule has 2 aromatic heterocycles. The van der Waals surface area contributed by atoms with E-state index in [2.05, 4.69) is 4.72 Å². The quantitative estimate of drug-likeness (QED) is 0.281. The predicted octanol–water partition coefficient (Wildman–Crippen LogP) is -1.18. The molecule has 0 radical (unpaired) electrons. The van der Waals surface area contributed by atoms with E-state index in [-0.39, 0.29) is 30.1 Å². The summed E-state index contributed by atoms with van der Waals surface area (Å²) in [5.41, 5.74) is 1.52. The van der Waals surface area contributed by atoms with Crippen molar-refractivity contribution in [3.63, 3.8) is 0 Å². The van der Waals surface area contributed by atoms with Crippen LogP contribution < -0.4 is 14.4 Å². The van der Waals surface area contributed by atoms with Crippen molar-refractivity contribution in [1.29, 1.82) is 0 Å². The molecular formula is C18H24N5O6S2+. The van der Waals surface area contributed by atoms with Gasteiger partial charge < -0.3 is 15.1 Å². The molecule has 2 aromatic rings. The summed E-state index contributed by atoms with van der Waals surface area (Å²) >= 11 is 1.48. The van der Waals surface area contributed by atoms with Gasteiger partial charge in [0.25, 0.3) is 10.2 Å². The maximum Gasteiger partial charge on any atom is 0.352 e. The number of amides is 1. The van der Waals surface area contributed by atoms with E-state index in [0.717, 1.165) is 10.5 Å². The van der Waals surface area contributed by atoms with Gasteiger partial charge in [0.1, 0.15) is 24.1 Å². The number of carbonyl (C=O) groups excluding carboxylic acids is 1. The van der Waals surface area contributed by atoms with Gasteiger partial charge in [0.05, 0.1) is 18.1 Å². The molecule has 13 heteroatoms. The molecule has 1 saturated heterocycles. The Bertz CT molecular complexity index is 1200. The lowest BCUT2D eigenvalue weighted by Gasteiger charge is -2.46. The molecule has 2 aliphatic rings. The number of thiazole rings is 1. The van der Waals surface area contributed by atoms with E-state index in [0.29, 0.717) is 18.5 Å². The van der Waals surface area contributed by atoms with Crippen LogP contribution in [-0.4, -0.2) is 58.5 Å². The molecule has 0 saturated carbocycles. The Morgan fingerprint density at radius 3 is 2.77 bits per heavy atom. The Kier molecular flexibility index (Phi) is 5.42. The molecule has 4 heterocycles. The summed E-state index contributed by atoms with van der Waals surface area (Å²) in [6.07, 6.45) is 3.29. The van der Waals surface area contributed by atoms with Crippen molar-refractivity contribution in [2.75, 3.05) is 6.54 Å². The van der Waals surface area contributed by atoms with Crippen LogP contribution in [0, 0.1) is 11.8 Å². The maximum absolute atomic E-state index is 12.5. The number of carboxylic acids is 1. The lowest BCUT2D eigenvalue weighted by atomic mass is 9.78.